The summed E-state index contributed by atoms with van der Waals surface area (Å²) in [6.45, 7) is 1.79. The van der Waals surface area contributed by atoms with E-state index in [4.69, 9.17) is 37.9 Å². The van der Waals surface area contributed by atoms with Gasteiger partial charge in [0.25, 0.3) is 5.19 Å². The summed E-state index contributed by atoms with van der Waals surface area (Å²) in [6.07, 6.45) is 1.05. The maximum atomic E-state index is 9.40. The molecule has 0 spiro atoms. The summed E-state index contributed by atoms with van der Waals surface area (Å²) in [7, 11) is 1.74. The van der Waals surface area contributed by atoms with Crippen molar-refractivity contribution in [3.63, 3.8) is 0 Å². The molecule has 150 valence electrons. The zero-order chi connectivity index (χ0) is 20.5. The third-order valence-electron chi connectivity index (χ3n) is 3.61. The van der Waals surface area contributed by atoms with Gasteiger partial charge in [0.15, 0.2) is 0 Å². The standard InChI is InChI=1S/C16H13Cl2N7O2S2/c1-7(26)6-27-16-19-5-12(28-16)13-14(29-15-22-23-24-25(15)2)21-11-4-9(18)8(17)3-10(11)20-13/h3-5,7,26H,6H2,1-2H3. The SMILES string of the molecule is CC(O)COc1ncc(-c2nc3cc(Cl)c(Cl)cc3nc2Sc2nnnn2C)s1. The molecule has 3 aromatic heterocycles. The number of ether oxygens (including phenoxy) is 1. The van der Waals surface area contributed by atoms with Gasteiger partial charge in [-0.05, 0) is 41.2 Å². The Morgan fingerprint density at radius 3 is 2.62 bits per heavy atom. The topological polar surface area (TPSA) is 112 Å². The van der Waals surface area contributed by atoms with E-state index < -0.39 is 6.10 Å². The van der Waals surface area contributed by atoms with E-state index in [0.717, 1.165) is 4.88 Å². The summed E-state index contributed by atoms with van der Waals surface area (Å²) in [5.74, 6) is 0. The van der Waals surface area contributed by atoms with Gasteiger partial charge in [-0.3, -0.25) is 0 Å². The zero-order valence-corrected chi connectivity index (χ0v) is 18.2. The van der Waals surface area contributed by atoms with Crippen LogP contribution in [-0.4, -0.2) is 53.0 Å². The summed E-state index contributed by atoms with van der Waals surface area (Å²) in [5, 5.41) is 23.2. The number of aliphatic hydroxyl groups excluding tert-OH is 1. The zero-order valence-electron chi connectivity index (χ0n) is 15.1. The lowest BCUT2D eigenvalue weighted by Crippen LogP contribution is -2.12. The second kappa shape index (κ2) is 8.36. The Morgan fingerprint density at radius 2 is 1.97 bits per heavy atom. The lowest BCUT2D eigenvalue weighted by atomic mass is 10.3. The fourth-order valence-corrected chi connectivity index (χ4v) is 4.25. The minimum Gasteiger partial charge on any atom is -0.467 e. The molecule has 1 N–H and O–H groups in total. The maximum absolute atomic E-state index is 9.40. The predicted octanol–water partition coefficient (Wildman–Crippen LogP) is 3.49. The molecular weight excluding hydrogens is 457 g/mol. The van der Waals surface area contributed by atoms with E-state index in [9.17, 15) is 5.11 Å². The van der Waals surface area contributed by atoms with E-state index in [0.29, 0.717) is 42.1 Å². The number of halogens is 2. The molecule has 0 saturated carbocycles. The van der Waals surface area contributed by atoms with Gasteiger partial charge in [0.05, 0.1) is 38.3 Å². The minimum atomic E-state index is -0.593. The van der Waals surface area contributed by atoms with E-state index in [2.05, 4.69) is 20.5 Å². The normalized spacial score (nSPS) is 12.4. The van der Waals surface area contributed by atoms with Crippen molar-refractivity contribution < 1.29 is 9.84 Å². The Bertz CT molecular complexity index is 1180. The van der Waals surface area contributed by atoms with Crippen LogP contribution in [0.25, 0.3) is 21.6 Å². The van der Waals surface area contributed by atoms with Gasteiger partial charge in [-0.25, -0.2) is 19.6 Å². The van der Waals surface area contributed by atoms with Crippen molar-refractivity contribution >= 4 is 57.3 Å². The summed E-state index contributed by atoms with van der Waals surface area (Å²) in [4.78, 5) is 14.4. The summed E-state index contributed by atoms with van der Waals surface area (Å²) in [6, 6.07) is 3.33. The second-order valence-corrected chi connectivity index (χ2v) is 8.73. The molecule has 0 fully saturated rings. The van der Waals surface area contributed by atoms with Crippen molar-refractivity contribution in [2.75, 3.05) is 6.61 Å². The highest BCUT2D eigenvalue weighted by Gasteiger charge is 2.19. The molecule has 0 saturated heterocycles. The highest BCUT2D eigenvalue weighted by atomic mass is 35.5. The van der Waals surface area contributed by atoms with Crippen LogP contribution in [0.2, 0.25) is 10.0 Å². The fraction of sp³-hybridized carbons (Fsp3) is 0.250. The van der Waals surface area contributed by atoms with Gasteiger partial charge < -0.3 is 9.84 Å². The number of aryl methyl sites for hydroxylation is 1. The number of aliphatic hydroxyl groups is 1. The average Bonchev–Trinajstić information content (AvgIpc) is 3.30. The number of benzene rings is 1. The van der Waals surface area contributed by atoms with E-state index >= 15 is 0 Å². The smallest absolute Gasteiger partial charge is 0.273 e. The molecule has 0 aliphatic carbocycles. The van der Waals surface area contributed by atoms with Gasteiger partial charge >= 0.3 is 0 Å². The molecule has 4 aromatic rings. The van der Waals surface area contributed by atoms with E-state index in [1.807, 2.05) is 0 Å². The van der Waals surface area contributed by atoms with Gasteiger partial charge in [0, 0.05) is 7.05 Å². The Balaban J connectivity index is 1.80. The number of thiazole rings is 1. The van der Waals surface area contributed by atoms with Crippen molar-refractivity contribution in [3.05, 3.63) is 28.4 Å². The molecule has 0 amide bonds. The number of hydrogen-bond donors (Lipinski definition) is 1. The first-order valence-electron chi connectivity index (χ1n) is 8.25. The van der Waals surface area contributed by atoms with Gasteiger partial charge in [-0.2, -0.15) is 0 Å². The molecule has 1 atom stereocenters. The van der Waals surface area contributed by atoms with Crippen molar-refractivity contribution in [1.82, 2.24) is 35.2 Å². The van der Waals surface area contributed by atoms with Crippen molar-refractivity contribution in [3.8, 4) is 15.8 Å². The third kappa shape index (κ3) is 4.43. The molecule has 1 aromatic carbocycles. The quantitative estimate of drug-likeness (QED) is 0.453. The number of fused-ring (bicyclic) bond motifs is 1. The monoisotopic (exact) mass is 469 g/mol. The van der Waals surface area contributed by atoms with E-state index in [1.54, 1.807) is 37.0 Å². The highest BCUT2D eigenvalue weighted by Crippen LogP contribution is 2.38. The van der Waals surface area contributed by atoms with Crippen molar-refractivity contribution in [2.45, 2.75) is 23.2 Å². The number of nitrogens with zero attached hydrogens (tertiary/aromatic N) is 7. The minimum absolute atomic E-state index is 0.149. The molecule has 0 bridgehead atoms. The Hall–Kier alpha value is -2.05. The Kier molecular flexibility index (Phi) is 5.83. The first-order valence-corrected chi connectivity index (χ1v) is 10.6. The van der Waals surface area contributed by atoms with Crippen LogP contribution in [0.1, 0.15) is 6.92 Å². The molecular formula is C16H13Cl2N7O2S2. The first-order chi connectivity index (χ1) is 13.9. The predicted molar refractivity (Wildman–Crippen MR) is 111 cm³/mol. The lowest BCUT2D eigenvalue weighted by Gasteiger charge is -2.08. The number of tetrazole rings is 1. The van der Waals surface area contributed by atoms with Gasteiger partial charge in [0.2, 0.25) is 5.16 Å². The molecule has 4 rings (SSSR count). The molecule has 1 unspecified atom stereocenters. The number of aromatic nitrogens is 7. The van der Waals surface area contributed by atoms with Crippen LogP contribution in [0.15, 0.2) is 28.5 Å². The van der Waals surface area contributed by atoms with Crippen molar-refractivity contribution in [1.29, 1.82) is 0 Å². The van der Waals surface area contributed by atoms with Crippen molar-refractivity contribution in [2.24, 2.45) is 7.05 Å². The average molecular weight is 470 g/mol. The number of rotatable bonds is 6. The van der Waals surface area contributed by atoms with E-state index in [1.165, 1.54) is 23.1 Å². The van der Waals surface area contributed by atoms with Gasteiger partial charge in [0.1, 0.15) is 17.3 Å². The molecule has 0 radical (unpaired) electrons. The first kappa shape index (κ1) is 20.2. The van der Waals surface area contributed by atoms with Crippen LogP contribution < -0.4 is 4.74 Å². The van der Waals surface area contributed by atoms with Gasteiger partial charge in [-0.1, -0.05) is 34.5 Å². The Morgan fingerprint density at radius 1 is 1.24 bits per heavy atom. The maximum Gasteiger partial charge on any atom is 0.273 e. The molecule has 29 heavy (non-hydrogen) atoms. The summed E-state index contributed by atoms with van der Waals surface area (Å²) in [5.41, 5.74) is 1.78. The van der Waals surface area contributed by atoms with Crippen LogP contribution in [0.4, 0.5) is 0 Å². The van der Waals surface area contributed by atoms with Crippen LogP contribution in [0.3, 0.4) is 0 Å². The Labute approximate surface area is 183 Å². The van der Waals surface area contributed by atoms with Gasteiger partial charge in [-0.15, -0.1) is 5.10 Å². The van der Waals surface area contributed by atoms with E-state index in [-0.39, 0.29) is 6.61 Å². The highest BCUT2D eigenvalue weighted by molar-refractivity contribution is 7.99. The molecule has 3 heterocycles. The molecule has 13 heteroatoms. The second-order valence-electron chi connectivity index (χ2n) is 5.97. The van der Waals surface area contributed by atoms with Crippen LogP contribution in [-0.2, 0) is 7.05 Å². The summed E-state index contributed by atoms with van der Waals surface area (Å²) < 4.78 is 7.02. The fourth-order valence-electron chi connectivity index (χ4n) is 2.29. The molecule has 9 nitrogen and oxygen atoms in total. The summed E-state index contributed by atoms with van der Waals surface area (Å²) >= 11 is 14.9. The third-order valence-corrected chi connectivity index (χ3v) is 6.25. The number of hydrogen-bond acceptors (Lipinski definition) is 10. The van der Waals surface area contributed by atoms with Crippen LogP contribution >= 0.6 is 46.3 Å². The molecule has 0 aliphatic heterocycles. The lowest BCUT2D eigenvalue weighted by molar-refractivity contribution is 0.122. The largest absolute Gasteiger partial charge is 0.467 e. The molecule has 0 aliphatic rings. The van der Waals surface area contributed by atoms with Crippen LogP contribution in [0, 0.1) is 0 Å². The van der Waals surface area contributed by atoms with Crippen LogP contribution in [0.5, 0.6) is 5.19 Å².